The molecule has 14 heavy (non-hydrogen) atoms. The molecule has 0 fully saturated rings. The lowest BCUT2D eigenvalue weighted by atomic mass is 10.0. The summed E-state index contributed by atoms with van der Waals surface area (Å²) in [5, 5.41) is 8.83. The van der Waals surface area contributed by atoms with Crippen LogP contribution in [0.3, 0.4) is 0 Å². The molecule has 0 aliphatic heterocycles. The summed E-state index contributed by atoms with van der Waals surface area (Å²) in [5.74, 6) is 0.245. The summed E-state index contributed by atoms with van der Waals surface area (Å²) in [6.07, 6.45) is 0. The minimum atomic E-state index is -0.175. The molecule has 0 radical (unpaired) electrons. The molecule has 72 valence electrons. The van der Waals surface area contributed by atoms with Gasteiger partial charge in [0.25, 0.3) is 0 Å². The van der Waals surface area contributed by atoms with Crippen LogP contribution in [0.15, 0.2) is 16.6 Å². The zero-order valence-electron chi connectivity index (χ0n) is 7.80. The molecule has 4 heteroatoms. The fourth-order valence-corrected chi connectivity index (χ4v) is 1.63. The van der Waals surface area contributed by atoms with Crippen molar-refractivity contribution in [1.82, 2.24) is 0 Å². The number of methoxy groups -OCH3 is 1. The zero-order valence-corrected chi connectivity index (χ0v) is 9.38. The summed E-state index contributed by atoms with van der Waals surface area (Å²) in [4.78, 5) is 11.3. The second kappa shape index (κ2) is 4.25. The van der Waals surface area contributed by atoms with Gasteiger partial charge < -0.3 is 4.74 Å². The molecule has 0 amide bonds. The summed E-state index contributed by atoms with van der Waals surface area (Å²) >= 11 is 3.24. The van der Waals surface area contributed by atoms with Crippen LogP contribution >= 0.6 is 15.9 Å². The number of ether oxygens (including phenoxy) is 1. The Hall–Kier alpha value is -1.34. The van der Waals surface area contributed by atoms with Crippen molar-refractivity contribution >= 4 is 21.7 Å². The van der Waals surface area contributed by atoms with Gasteiger partial charge in [0, 0.05) is 4.47 Å². The van der Waals surface area contributed by atoms with Gasteiger partial charge in [-0.3, -0.25) is 4.79 Å². The lowest BCUT2D eigenvalue weighted by Crippen LogP contribution is -2.01. The average Bonchev–Trinajstić information content (AvgIpc) is 2.15. The highest BCUT2D eigenvalue weighted by atomic mass is 79.9. The topological polar surface area (TPSA) is 50.1 Å². The molecule has 0 aromatic heterocycles. The summed E-state index contributed by atoms with van der Waals surface area (Å²) < 4.78 is 5.75. The number of nitriles is 1. The van der Waals surface area contributed by atoms with E-state index in [0.29, 0.717) is 16.9 Å². The van der Waals surface area contributed by atoms with Crippen LogP contribution in [0.4, 0.5) is 0 Å². The molecular formula is C10H8BrNO2. The smallest absolute Gasteiger partial charge is 0.164 e. The van der Waals surface area contributed by atoms with Crippen molar-refractivity contribution in [3.05, 3.63) is 27.7 Å². The van der Waals surface area contributed by atoms with Crippen LogP contribution in [0.1, 0.15) is 22.8 Å². The van der Waals surface area contributed by atoms with E-state index >= 15 is 0 Å². The number of hydrogen-bond donors (Lipinski definition) is 0. The van der Waals surface area contributed by atoms with Crippen molar-refractivity contribution in [3.63, 3.8) is 0 Å². The molecule has 0 N–H and O–H groups in total. The van der Waals surface area contributed by atoms with E-state index in [2.05, 4.69) is 15.9 Å². The second-order valence-electron chi connectivity index (χ2n) is 2.70. The first kappa shape index (κ1) is 10.7. The molecule has 0 atom stereocenters. The largest absolute Gasteiger partial charge is 0.496 e. The van der Waals surface area contributed by atoms with E-state index in [-0.39, 0.29) is 5.78 Å². The minimum absolute atomic E-state index is 0.175. The Morgan fingerprint density at radius 1 is 1.57 bits per heavy atom. The standard InChI is InChI=1S/C10H8BrNO2/c1-6(13)10-7(5-12)3-8(11)4-9(10)14-2/h3-4H,1-2H3. The highest BCUT2D eigenvalue weighted by Crippen LogP contribution is 2.27. The van der Waals surface area contributed by atoms with E-state index in [0.717, 1.165) is 4.47 Å². The fraction of sp³-hybridized carbons (Fsp3) is 0.200. The molecule has 1 rings (SSSR count). The van der Waals surface area contributed by atoms with Crippen LogP contribution in [-0.2, 0) is 0 Å². The van der Waals surface area contributed by atoms with Crippen molar-refractivity contribution in [2.75, 3.05) is 7.11 Å². The second-order valence-corrected chi connectivity index (χ2v) is 3.61. The quantitative estimate of drug-likeness (QED) is 0.762. The summed E-state index contributed by atoms with van der Waals surface area (Å²) in [5.41, 5.74) is 0.655. The van der Waals surface area contributed by atoms with Crippen molar-refractivity contribution in [1.29, 1.82) is 5.26 Å². The lowest BCUT2D eigenvalue weighted by molar-refractivity contribution is 0.101. The molecule has 0 saturated carbocycles. The van der Waals surface area contributed by atoms with Gasteiger partial charge in [-0.1, -0.05) is 15.9 Å². The number of nitrogens with zero attached hydrogens (tertiary/aromatic N) is 1. The van der Waals surface area contributed by atoms with Gasteiger partial charge in [-0.15, -0.1) is 0 Å². The SMILES string of the molecule is COc1cc(Br)cc(C#N)c1C(C)=O. The monoisotopic (exact) mass is 253 g/mol. The normalized spacial score (nSPS) is 9.29. The summed E-state index contributed by atoms with van der Waals surface area (Å²) in [6.45, 7) is 1.41. The zero-order chi connectivity index (χ0) is 10.7. The minimum Gasteiger partial charge on any atom is -0.496 e. The van der Waals surface area contributed by atoms with Gasteiger partial charge in [-0.2, -0.15) is 5.26 Å². The maximum Gasteiger partial charge on any atom is 0.164 e. The molecule has 0 unspecified atom stereocenters. The molecule has 0 heterocycles. The molecule has 0 aliphatic carbocycles. The van der Waals surface area contributed by atoms with Gasteiger partial charge in [0.15, 0.2) is 5.78 Å². The Balaban J connectivity index is 3.50. The number of benzene rings is 1. The van der Waals surface area contributed by atoms with Gasteiger partial charge >= 0.3 is 0 Å². The number of carbonyl (C=O) groups is 1. The Morgan fingerprint density at radius 2 is 2.21 bits per heavy atom. The van der Waals surface area contributed by atoms with Gasteiger partial charge in [0.2, 0.25) is 0 Å². The Labute approximate surface area is 90.4 Å². The van der Waals surface area contributed by atoms with E-state index < -0.39 is 0 Å². The third kappa shape index (κ3) is 1.94. The highest BCUT2D eigenvalue weighted by molar-refractivity contribution is 9.10. The van der Waals surface area contributed by atoms with Crippen LogP contribution in [0, 0.1) is 11.3 Å². The fourth-order valence-electron chi connectivity index (χ4n) is 1.19. The van der Waals surface area contributed by atoms with Crippen LogP contribution in [0.5, 0.6) is 5.75 Å². The molecule has 3 nitrogen and oxygen atoms in total. The molecule has 0 bridgehead atoms. The molecule has 0 aliphatic rings. The van der Waals surface area contributed by atoms with Crippen LogP contribution in [0.25, 0.3) is 0 Å². The Morgan fingerprint density at radius 3 is 2.64 bits per heavy atom. The van der Waals surface area contributed by atoms with Crippen molar-refractivity contribution in [2.45, 2.75) is 6.92 Å². The Bertz CT molecular complexity index is 421. The van der Waals surface area contributed by atoms with Crippen molar-refractivity contribution in [2.24, 2.45) is 0 Å². The predicted octanol–water partition coefficient (Wildman–Crippen LogP) is 2.53. The maximum atomic E-state index is 11.3. The molecule has 1 aromatic rings. The van der Waals surface area contributed by atoms with Gasteiger partial charge in [-0.25, -0.2) is 0 Å². The summed E-state index contributed by atoms with van der Waals surface area (Å²) in [6, 6.07) is 5.22. The molecular weight excluding hydrogens is 246 g/mol. The first-order chi connectivity index (χ1) is 6.60. The average molecular weight is 254 g/mol. The maximum absolute atomic E-state index is 11.3. The van der Waals surface area contributed by atoms with Crippen LogP contribution in [0.2, 0.25) is 0 Å². The van der Waals surface area contributed by atoms with E-state index in [4.69, 9.17) is 10.00 Å². The molecule has 0 saturated heterocycles. The summed E-state index contributed by atoms with van der Waals surface area (Å²) in [7, 11) is 1.47. The van der Waals surface area contributed by atoms with Crippen molar-refractivity contribution in [3.8, 4) is 11.8 Å². The van der Waals surface area contributed by atoms with Gasteiger partial charge in [-0.05, 0) is 19.1 Å². The number of rotatable bonds is 2. The molecule has 0 spiro atoms. The van der Waals surface area contributed by atoms with Crippen molar-refractivity contribution < 1.29 is 9.53 Å². The number of Topliss-reactive ketones (excluding diaryl/α,β-unsaturated/α-hetero) is 1. The Kier molecular flexibility index (Phi) is 3.26. The van der Waals surface area contributed by atoms with E-state index in [1.807, 2.05) is 6.07 Å². The number of hydrogen-bond acceptors (Lipinski definition) is 3. The number of halogens is 1. The van der Waals surface area contributed by atoms with Gasteiger partial charge in [0.1, 0.15) is 11.8 Å². The first-order valence-corrected chi connectivity index (χ1v) is 4.68. The third-order valence-corrected chi connectivity index (χ3v) is 2.22. The van der Waals surface area contributed by atoms with E-state index in [1.165, 1.54) is 14.0 Å². The first-order valence-electron chi connectivity index (χ1n) is 3.88. The predicted molar refractivity (Wildman–Crippen MR) is 55.4 cm³/mol. The van der Waals surface area contributed by atoms with E-state index in [9.17, 15) is 4.79 Å². The number of carbonyl (C=O) groups excluding carboxylic acids is 1. The lowest BCUT2D eigenvalue weighted by Gasteiger charge is -2.07. The van der Waals surface area contributed by atoms with Gasteiger partial charge in [0.05, 0.1) is 18.2 Å². The van der Waals surface area contributed by atoms with E-state index in [1.54, 1.807) is 12.1 Å². The van der Waals surface area contributed by atoms with Crippen LogP contribution < -0.4 is 4.74 Å². The third-order valence-electron chi connectivity index (χ3n) is 1.76. The van der Waals surface area contributed by atoms with Crippen LogP contribution in [-0.4, -0.2) is 12.9 Å². The number of ketones is 1. The molecule has 1 aromatic carbocycles. The highest BCUT2D eigenvalue weighted by Gasteiger charge is 2.14.